The molecule has 100 valence electrons. The van der Waals surface area contributed by atoms with E-state index in [1.165, 1.54) is 0 Å². The average molecular weight is 278 g/mol. The second kappa shape index (κ2) is 5.32. The van der Waals surface area contributed by atoms with Gasteiger partial charge in [0.05, 0.1) is 6.04 Å². The SMILES string of the molecule is Cc1ccc(C(N)c2cc(C)c(F)c(C)c2)c(Cl)c1. The molecule has 19 heavy (non-hydrogen) atoms. The summed E-state index contributed by atoms with van der Waals surface area (Å²) in [5.41, 5.74) is 10.3. The predicted octanol–water partition coefficient (Wildman–Crippen LogP) is 4.45. The number of halogens is 2. The number of hydrogen-bond acceptors (Lipinski definition) is 1. The number of rotatable bonds is 2. The van der Waals surface area contributed by atoms with E-state index in [9.17, 15) is 4.39 Å². The van der Waals surface area contributed by atoms with Crippen molar-refractivity contribution in [2.24, 2.45) is 5.73 Å². The Morgan fingerprint density at radius 1 is 1.05 bits per heavy atom. The second-order valence-corrected chi connectivity index (χ2v) is 5.38. The van der Waals surface area contributed by atoms with Gasteiger partial charge >= 0.3 is 0 Å². The van der Waals surface area contributed by atoms with Crippen LogP contribution in [0.2, 0.25) is 5.02 Å². The Balaban J connectivity index is 2.47. The molecule has 0 saturated carbocycles. The molecule has 0 saturated heterocycles. The topological polar surface area (TPSA) is 26.0 Å². The van der Waals surface area contributed by atoms with Crippen LogP contribution in [-0.4, -0.2) is 0 Å². The van der Waals surface area contributed by atoms with Crippen LogP contribution in [0.5, 0.6) is 0 Å². The van der Waals surface area contributed by atoms with E-state index in [2.05, 4.69) is 0 Å². The van der Waals surface area contributed by atoms with E-state index >= 15 is 0 Å². The van der Waals surface area contributed by atoms with Gasteiger partial charge in [0, 0.05) is 5.02 Å². The first-order valence-electron chi connectivity index (χ1n) is 6.18. The predicted molar refractivity (Wildman–Crippen MR) is 78.1 cm³/mol. The highest BCUT2D eigenvalue weighted by atomic mass is 35.5. The Bertz CT molecular complexity index is 599. The Kier molecular flexibility index (Phi) is 3.93. The smallest absolute Gasteiger partial charge is 0.129 e. The summed E-state index contributed by atoms with van der Waals surface area (Å²) in [6.45, 7) is 5.47. The van der Waals surface area contributed by atoms with Crippen LogP contribution in [0.4, 0.5) is 4.39 Å². The lowest BCUT2D eigenvalue weighted by atomic mass is 9.95. The molecule has 0 heterocycles. The Morgan fingerprint density at radius 2 is 1.63 bits per heavy atom. The summed E-state index contributed by atoms with van der Waals surface area (Å²) in [7, 11) is 0. The largest absolute Gasteiger partial charge is 0.320 e. The second-order valence-electron chi connectivity index (χ2n) is 4.97. The standard InChI is InChI=1S/C16H17ClFN/c1-9-4-5-13(14(17)6-9)16(19)12-7-10(2)15(18)11(3)8-12/h4-8,16H,19H2,1-3H3. The molecule has 0 bridgehead atoms. The zero-order valence-electron chi connectivity index (χ0n) is 11.3. The van der Waals surface area contributed by atoms with E-state index in [4.69, 9.17) is 17.3 Å². The van der Waals surface area contributed by atoms with Gasteiger partial charge in [0.1, 0.15) is 5.82 Å². The van der Waals surface area contributed by atoms with Gasteiger partial charge in [-0.15, -0.1) is 0 Å². The molecule has 0 aromatic heterocycles. The fourth-order valence-electron chi connectivity index (χ4n) is 2.22. The normalized spacial score (nSPS) is 12.5. The van der Waals surface area contributed by atoms with E-state index in [0.717, 1.165) is 16.7 Å². The minimum Gasteiger partial charge on any atom is -0.320 e. The average Bonchev–Trinajstić information content (AvgIpc) is 2.34. The summed E-state index contributed by atoms with van der Waals surface area (Å²) in [6.07, 6.45) is 0. The summed E-state index contributed by atoms with van der Waals surface area (Å²) < 4.78 is 13.6. The maximum absolute atomic E-state index is 13.6. The van der Waals surface area contributed by atoms with E-state index in [-0.39, 0.29) is 11.9 Å². The molecular formula is C16H17ClFN. The van der Waals surface area contributed by atoms with Gasteiger partial charge in [-0.3, -0.25) is 0 Å². The van der Waals surface area contributed by atoms with Crippen molar-refractivity contribution in [3.05, 3.63) is 69.0 Å². The van der Waals surface area contributed by atoms with Gasteiger partial charge in [0.15, 0.2) is 0 Å². The number of aryl methyl sites for hydroxylation is 3. The first kappa shape index (κ1) is 14.0. The minimum atomic E-state index is -0.342. The molecule has 1 unspecified atom stereocenters. The van der Waals surface area contributed by atoms with E-state index in [1.807, 2.05) is 25.1 Å². The highest BCUT2D eigenvalue weighted by Gasteiger charge is 2.15. The van der Waals surface area contributed by atoms with Crippen molar-refractivity contribution in [2.45, 2.75) is 26.8 Å². The third-order valence-electron chi connectivity index (χ3n) is 3.31. The van der Waals surface area contributed by atoms with Crippen LogP contribution in [-0.2, 0) is 0 Å². The fourth-order valence-corrected chi connectivity index (χ4v) is 2.58. The van der Waals surface area contributed by atoms with Gasteiger partial charge in [-0.25, -0.2) is 4.39 Å². The zero-order chi connectivity index (χ0) is 14.2. The van der Waals surface area contributed by atoms with Crippen LogP contribution in [0.15, 0.2) is 30.3 Å². The Hall–Kier alpha value is -1.38. The van der Waals surface area contributed by atoms with Crippen molar-refractivity contribution in [1.29, 1.82) is 0 Å². The monoisotopic (exact) mass is 277 g/mol. The van der Waals surface area contributed by atoms with Crippen molar-refractivity contribution < 1.29 is 4.39 Å². The molecule has 0 aliphatic heterocycles. The van der Waals surface area contributed by atoms with Crippen molar-refractivity contribution >= 4 is 11.6 Å². The van der Waals surface area contributed by atoms with Crippen molar-refractivity contribution in [1.82, 2.24) is 0 Å². The van der Waals surface area contributed by atoms with Gasteiger partial charge < -0.3 is 5.73 Å². The minimum absolute atomic E-state index is 0.175. The number of benzene rings is 2. The van der Waals surface area contributed by atoms with Gasteiger partial charge in [0.2, 0.25) is 0 Å². The summed E-state index contributed by atoms with van der Waals surface area (Å²) in [4.78, 5) is 0. The van der Waals surface area contributed by atoms with Crippen LogP contribution >= 0.6 is 11.6 Å². The maximum atomic E-state index is 13.6. The first-order valence-corrected chi connectivity index (χ1v) is 6.56. The van der Waals surface area contributed by atoms with Crippen molar-refractivity contribution in [3.8, 4) is 0 Å². The Labute approximate surface area is 118 Å². The summed E-state index contributed by atoms with van der Waals surface area (Å²) >= 11 is 6.23. The lowest BCUT2D eigenvalue weighted by molar-refractivity contribution is 0.607. The van der Waals surface area contributed by atoms with Gasteiger partial charge in [-0.2, -0.15) is 0 Å². The van der Waals surface area contributed by atoms with Crippen molar-refractivity contribution in [2.75, 3.05) is 0 Å². The molecule has 0 radical (unpaired) electrons. The van der Waals surface area contributed by atoms with Gasteiger partial charge in [-0.1, -0.05) is 35.9 Å². The highest BCUT2D eigenvalue weighted by molar-refractivity contribution is 6.31. The Morgan fingerprint density at radius 3 is 2.16 bits per heavy atom. The van der Waals surface area contributed by atoms with Crippen molar-refractivity contribution in [3.63, 3.8) is 0 Å². The molecule has 3 heteroatoms. The van der Waals surface area contributed by atoms with Crippen LogP contribution in [0.3, 0.4) is 0 Å². The molecule has 0 aliphatic rings. The third kappa shape index (κ3) is 2.80. The molecule has 2 aromatic carbocycles. The van der Waals surface area contributed by atoms with E-state index < -0.39 is 0 Å². The van der Waals surface area contributed by atoms with Crippen LogP contribution in [0.1, 0.15) is 33.9 Å². The molecule has 0 spiro atoms. The van der Waals surface area contributed by atoms with Gasteiger partial charge in [0.25, 0.3) is 0 Å². The van der Waals surface area contributed by atoms with Crippen LogP contribution in [0.25, 0.3) is 0 Å². The lowest BCUT2D eigenvalue weighted by Crippen LogP contribution is -2.13. The fraction of sp³-hybridized carbons (Fsp3) is 0.250. The molecule has 2 N–H and O–H groups in total. The summed E-state index contributed by atoms with van der Waals surface area (Å²) in [6, 6.07) is 9.01. The van der Waals surface area contributed by atoms with Gasteiger partial charge in [-0.05, 0) is 54.7 Å². The molecule has 0 aliphatic carbocycles. The highest BCUT2D eigenvalue weighted by Crippen LogP contribution is 2.29. The molecule has 1 nitrogen and oxygen atoms in total. The molecule has 2 aromatic rings. The number of hydrogen-bond donors (Lipinski definition) is 1. The molecular weight excluding hydrogens is 261 g/mol. The van der Waals surface area contributed by atoms with E-state index in [1.54, 1.807) is 26.0 Å². The quantitative estimate of drug-likeness (QED) is 0.862. The first-order chi connectivity index (χ1) is 8.90. The van der Waals surface area contributed by atoms with Crippen LogP contribution in [0, 0.1) is 26.6 Å². The third-order valence-corrected chi connectivity index (χ3v) is 3.64. The van der Waals surface area contributed by atoms with E-state index in [0.29, 0.717) is 16.1 Å². The molecule has 2 rings (SSSR count). The molecule has 1 atom stereocenters. The summed E-state index contributed by atoms with van der Waals surface area (Å²) in [5, 5.41) is 0.645. The molecule has 0 fully saturated rings. The molecule has 0 amide bonds. The lowest BCUT2D eigenvalue weighted by Gasteiger charge is -2.16. The number of nitrogens with two attached hydrogens (primary N) is 1. The summed E-state index contributed by atoms with van der Waals surface area (Å²) in [5.74, 6) is -0.175. The van der Waals surface area contributed by atoms with Crippen LogP contribution < -0.4 is 5.73 Å². The maximum Gasteiger partial charge on any atom is 0.129 e. The zero-order valence-corrected chi connectivity index (χ0v) is 12.1.